The second-order valence-corrected chi connectivity index (χ2v) is 10.5. The Labute approximate surface area is 219 Å². The number of anilines is 1. The van der Waals surface area contributed by atoms with Crippen molar-refractivity contribution in [1.82, 2.24) is 19.4 Å². The van der Waals surface area contributed by atoms with Crippen LogP contribution >= 0.6 is 0 Å². The summed E-state index contributed by atoms with van der Waals surface area (Å²) in [4.78, 5) is 26.8. The molecule has 2 aliphatic rings. The molecule has 1 unspecified atom stereocenters. The maximum absolute atomic E-state index is 13.8. The molecule has 3 aromatic heterocycles. The Kier molecular flexibility index (Phi) is 6.00. The maximum atomic E-state index is 13.8. The maximum Gasteiger partial charge on any atom is 0.252 e. The first-order chi connectivity index (χ1) is 18.3. The molecule has 1 aromatic carbocycles. The van der Waals surface area contributed by atoms with Crippen LogP contribution in [0.25, 0.3) is 11.0 Å². The van der Waals surface area contributed by atoms with Crippen molar-refractivity contribution in [2.45, 2.75) is 50.7 Å². The van der Waals surface area contributed by atoms with Crippen LogP contribution in [0.5, 0.6) is 0 Å². The number of hydrogen-bond acceptors (Lipinski definition) is 7. The fraction of sp³-hybridized carbons (Fsp3) is 0.379. The molecule has 1 saturated carbocycles. The molecule has 3 atom stereocenters. The third kappa shape index (κ3) is 4.25. The number of pyridine rings is 2. The smallest absolute Gasteiger partial charge is 0.252 e. The van der Waals surface area contributed by atoms with Gasteiger partial charge >= 0.3 is 0 Å². The molecule has 9 heteroatoms. The summed E-state index contributed by atoms with van der Waals surface area (Å²) < 4.78 is 21.4. The van der Waals surface area contributed by atoms with Gasteiger partial charge < -0.3 is 13.9 Å². The summed E-state index contributed by atoms with van der Waals surface area (Å²) in [6.07, 6.45) is 4.02. The first-order valence-electron chi connectivity index (χ1n) is 13.0. The minimum Gasteiger partial charge on any atom is -0.447 e. The van der Waals surface area contributed by atoms with Crippen molar-refractivity contribution in [2.24, 2.45) is 7.05 Å². The van der Waals surface area contributed by atoms with E-state index in [-0.39, 0.29) is 29.5 Å². The van der Waals surface area contributed by atoms with E-state index in [4.69, 9.17) is 9.40 Å². The number of nitriles is 1. The van der Waals surface area contributed by atoms with Gasteiger partial charge in [0.05, 0.1) is 16.9 Å². The number of fused-ring (bicyclic) bond motifs is 1. The summed E-state index contributed by atoms with van der Waals surface area (Å²) in [5.74, 6) is 0.797. The monoisotopic (exact) mass is 512 g/mol. The molecular weight excluding hydrogens is 483 g/mol. The second-order valence-electron chi connectivity index (χ2n) is 10.5. The van der Waals surface area contributed by atoms with Crippen LogP contribution in [0.15, 0.2) is 57.9 Å². The van der Waals surface area contributed by atoms with Gasteiger partial charge in [-0.15, -0.1) is 0 Å². The Hall–Kier alpha value is -4.03. The summed E-state index contributed by atoms with van der Waals surface area (Å²) in [7, 11) is 1.71. The predicted octanol–water partition coefficient (Wildman–Crippen LogP) is 4.50. The lowest BCUT2D eigenvalue weighted by atomic mass is 9.98. The van der Waals surface area contributed by atoms with E-state index >= 15 is 0 Å². The van der Waals surface area contributed by atoms with Crippen LogP contribution in [0.3, 0.4) is 0 Å². The molecule has 0 radical (unpaired) electrons. The molecule has 38 heavy (non-hydrogen) atoms. The third-order valence-corrected chi connectivity index (χ3v) is 7.81. The normalized spacial score (nSPS) is 21.0. The van der Waals surface area contributed by atoms with E-state index < -0.39 is 0 Å². The lowest BCUT2D eigenvalue weighted by molar-refractivity contribution is 0.114. The number of oxazole rings is 1. The highest BCUT2D eigenvalue weighted by atomic mass is 19.1. The largest absolute Gasteiger partial charge is 0.447 e. The highest BCUT2D eigenvalue weighted by Crippen LogP contribution is 2.41. The van der Waals surface area contributed by atoms with Crippen molar-refractivity contribution in [3.8, 4) is 6.07 Å². The Bertz CT molecular complexity index is 1600. The van der Waals surface area contributed by atoms with E-state index in [0.717, 1.165) is 29.8 Å². The van der Waals surface area contributed by atoms with Crippen molar-refractivity contribution >= 4 is 16.7 Å². The highest BCUT2D eigenvalue weighted by Gasteiger charge is 2.38. The molecular formula is C29H29FN6O2. The van der Waals surface area contributed by atoms with Crippen LogP contribution in [-0.4, -0.2) is 44.6 Å². The quantitative estimate of drug-likeness (QED) is 0.389. The van der Waals surface area contributed by atoms with E-state index in [1.807, 2.05) is 0 Å². The molecule has 1 aliphatic carbocycles. The van der Waals surface area contributed by atoms with Crippen LogP contribution in [0, 0.1) is 17.1 Å². The Morgan fingerprint density at radius 3 is 2.55 bits per heavy atom. The van der Waals surface area contributed by atoms with Gasteiger partial charge in [-0.1, -0.05) is 12.1 Å². The van der Waals surface area contributed by atoms with Crippen molar-refractivity contribution in [2.75, 3.05) is 18.0 Å². The van der Waals surface area contributed by atoms with Gasteiger partial charge in [0.25, 0.3) is 5.56 Å². The third-order valence-electron chi connectivity index (χ3n) is 7.81. The van der Waals surface area contributed by atoms with Crippen molar-refractivity contribution in [3.63, 3.8) is 0 Å². The van der Waals surface area contributed by atoms with Crippen molar-refractivity contribution in [3.05, 3.63) is 87.7 Å². The van der Waals surface area contributed by atoms with Gasteiger partial charge in [-0.25, -0.2) is 14.4 Å². The number of aromatic nitrogens is 3. The average Bonchev–Trinajstić information content (AvgIpc) is 3.66. The van der Waals surface area contributed by atoms with Gasteiger partial charge in [-0.3, -0.25) is 9.69 Å². The predicted molar refractivity (Wildman–Crippen MR) is 141 cm³/mol. The Balaban J connectivity index is 1.38. The van der Waals surface area contributed by atoms with E-state index in [9.17, 15) is 14.4 Å². The fourth-order valence-corrected chi connectivity index (χ4v) is 5.56. The van der Waals surface area contributed by atoms with Gasteiger partial charge in [0.2, 0.25) is 5.89 Å². The molecule has 8 nitrogen and oxygen atoms in total. The number of hydrogen-bond donors (Lipinski definition) is 0. The lowest BCUT2D eigenvalue weighted by Gasteiger charge is -2.47. The average molecular weight is 513 g/mol. The molecule has 4 heterocycles. The molecule has 0 spiro atoms. The zero-order chi connectivity index (χ0) is 26.6. The number of benzene rings is 1. The van der Waals surface area contributed by atoms with E-state index in [1.165, 1.54) is 12.1 Å². The van der Waals surface area contributed by atoms with Crippen LogP contribution < -0.4 is 10.5 Å². The first kappa shape index (κ1) is 24.3. The van der Waals surface area contributed by atoms with Crippen LogP contribution in [0.2, 0.25) is 0 Å². The van der Waals surface area contributed by atoms with Crippen molar-refractivity contribution in [1.29, 1.82) is 5.26 Å². The molecule has 1 saturated heterocycles. The summed E-state index contributed by atoms with van der Waals surface area (Å²) >= 11 is 0. The van der Waals surface area contributed by atoms with Crippen LogP contribution in [0.1, 0.15) is 61.5 Å². The van der Waals surface area contributed by atoms with Gasteiger partial charge in [-0.2, -0.15) is 5.26 Å². The minimum absolute atomic E-state index is 0.00913. The summed E-state index contributed by atoms with van der Waals surface area (Å²) in [5, 5.41) is 9.45. The Morgan fingerprint density at radius 2 is 1.84 bits per heavy atom. The van der Waals surface area contributed by atoms with Crippen LogP contribution in [-0.2, 0) is 7.05 Å². The number of rotatable bonds is 5. The molecule has 0 bridgehead atoms. The number of aryl methyl sites for hydroxylation is 1. The lowest BCUT2D eigenvalue weighted by Crippen LogP contribution is -2.57. The summed E-state index contributed by atoms with van der Waals surface area (Å²) in [5.41, 5.74) is 4.13. The van der Waals surface area contributed by atoms with Crippen LogP contribution in [0.4, 0.5) is 10.1 Å². The fourth-order valence-electron chi connectivity index (χ4n) is 5.56. The molecule has 0 amide bonds. The molecule has 1 aliphatic heterocycles. The van der Waals surface area contributed by atoms with E-state index in [0.29, 0.717) is 41.6 Å². The van der Waals surface area contributed by atoms with Gasteiger partial charge in [0, 0.05) is 44.2 Å². The minimum atomic E-state index is -0.286. The molecule has 194 valence electrons. The highest BCUT2D eigenvalue weighted by molar-refractivity contribution is 5.89. The SMILES string of the molecule is C[C@@H]1CN(c2cc(=O)n(C)c3ccc(C#N)nc23)[C@@H](C)CN1C(c1ccc(F)cc1)c1nc(C2CC2)co1. The zero-order valence-corrected chi connectivity index (χ0v) is 21.6. The summed E-state index contributed by atoms with van der Waals surface area (Å²) in [6.45, 7) is 5.52. The zero-order valence-electron chi connectivity index (χ0n) is 21.6. The molecule has 4 aromatic rings. The second kappa shape index (κ2) is 9.37. The Morgan fingerprint density at radius 1 is 1.08 bits per heavy atom. The van der Waals surface area contributed by atoms with E-state index in [1.54, 1.807) is 48.2 Å². The molecule has 2 fully saturated rings. The van der Waals surface area contributed by atoms with Gasteiger partial charge in [-0.05, 0) is 56.5 Å². The number of piperazine rings is 1. The van der Waals surface area contributed by atoms with Gasteiger partial charge in [0.1, 0.15) is 35.4 Å². The van der Waals surface area contributed by atoms with Gasteiger partial charge in [0.15, 0.2) is 0 Å². The molecule has 6 rings (SSSR count). The topological polar surface area (TPSA) is 91.2 Å². The van der Waals surface area contributed by atoms with E-state index in [2.05, 4.69) is 34.7 Å². The number of halogens is 1. The first-order valence-corrected chi connectivity index (χ1v) is 13.0. The standard InChI is InChI=1S/C29H29FN6O2/c1-17-15-36(28(20-6-8-21(30)9-7-20)29-33-23(16-38-29)19-4-5-19)18(2)14-35(17)25-12-26(37)34(3)24-11-10-22(13-31)32-27(24)25/h6-12,16-19,28H,4-5,14-15H2,1-3H3/t17-,18+,28?/m0/s1. The molecule has 0 N–H and O–H groups in total. The summed E-state index contributed by atoms with van der Waals surface area (Å²) in [6, 6.07) is 13.5. The number of nitrogens with zero attached hydrogens (tertiary/aromatic N) is 6. The van der Waals surface area contributed by atoms with Crippen molar-refractivity contribution < 1.29 is 8.81 Å².